The first-order valence-corrected chi connectivity index (χ1v) is 8.85. The van der Waals surface area contributed by atoms with Crippen LogP contribution in [0.25, 0.3) is 0 Å². The maximum atomic E-state index is 11.5. The van der Waals surface area contributed by atoms with E-state index in [0.717, 1.165) is 12.2 Å². The van der Waals surface area contributed by atoms with E-state index in [1.165, 1.54) is 18.7 Å². The number of rotatable bonds is 6. The van der Waals surface area contributed by atoms with E-state index in [1.54, 1.807) is 12.1 Å². The van der Waals surface area contributed by atoms with Crippen LogP contribution in [0.5, 0.6) is 11.5 Å². The summed E-state index contributed by atoms with van der Waals surface area (Å²) < 4.78 is 10.5. The summed E-state index contributed by atoms with van der Waals surface area (Å²) in [4.78, 5) is 13.7. The second-order valence-corrected chi connectivity index (χ2v) is 6.48. The van der Waals surface area contributed by atoms with Crippen molar-refractivity contribution in [2.45, 2.75) is 6.54 Å². The molecule has 0 N–H and O–H groups in total. The highest BCUT2D eigenvalue weighted by atomic mass is 35.5. The minimum Gasteiger partial charge on any atom is -0.465 e. The summed E-state index contributed by atoms with van der Waals surface area (Å²) >= 11 is 6.21. The third-order valence-electron chi connectivity index (χ3n) is 4.12. The molecule has 0 bridgehead atoms. The Labute approximate surface area is 163 Å². The van der Waals surface area contributed by atoms with Crippen molar-refractivity contribution in [3.05, 3.63) is 88.9 Å². The van der Waals surface area contributed by atoms with Crippen LogP contribution in [-0.2, 0) is 11.3 Å². The molecular formula is C22H20ClNO3. The normalized spacial score (nSPS) is 10.3. The summed E-state index contributed by atoms with van der Waals surface area (Å²) in [5, 5.41) is 0.350. The molecule has 27 heavy (non-hydrogen) atoms. The highest BCUT2D eigenvalue weighted by Crippen LogP contribution is 2.31. The van der Waals surface area contributed by atoms with E-state index in [4.69, 9.17) is 16.3 Å². The third kappa shape index (κ3) is 4.80. The molecule has 3 aromatic carbocycles. The number of hydrogen-bond acceptors (Lipinski definition) is 4. The molecular weight excluding hydrogens is 362 g/mol. The zero-order chi connectivity index (χ0) is 19.2. The minimum atomic E-state index is -0.436. The lowest BCUT2D eigenvalue weighted by molar-refractivity contribution is 0.0600. The predicted molar refractivity (Wildman–Crippen MR) is 108 cm³/mol. The molecule has 0 atom stereocenters. The van der Waals surface area contributed by atoms with Crippen molar-refractivity contribution in [2.75, 3.05) is 19.1 Å². The first kappa shape index (κ1) is 18.8. The van der Waals surface area contributed by atoms with Crippen molar-refractivity contribution in [1.29, 1.82) is 0 Å². The fraction of sp³-hybridized carbons (Fsp3) is 0.136. The number of nitrogens with zero attached hydrogens (tertiary/aromatic N) is 1. The Balaban J connectivity index is 1.68. The van der Waals surface area contributed by atoms with Crippen molar-refractivity contribution in [1.82, 2.24) is 0 Å². The molecule has 138 valence electrons. The smallest absolute Gasteiger partial charge is 0.337 e. The summed E-state index contributed by atoms with van der Waals surface area (Å²) in [6, 6.07) is 22.9. The van der Waals surface area contributed by atoms with Gasteiger partial charge in [0.05, 0.1) is 17.7 Å². The van der Waals surface area contributed by atoms with Gasteiger partial charge >= 0.3 is 5.97 Å². The maximum absolute atomic E-state index is 11.5. The van der Waals surface area contributed by atoms with E-state index >= 15 is 0 Å². The predicted octanol–water partition coefficient (Wildman–Crippen LogP) is 5.56. The van der Waals surface area contributed by atoms with E-state index in [-0.39, 0.29) is 0 Å². The van der Waals surface area contributed by atoms with Crippen LogP contribution in [0.4, 0.5) is 5.69 Å². The van der Waals surface area contributed by atoms with E-state index in [9.17, 15) is 4.79 Å². The van der Waals surface area contributed by atoms with Crippen LogP contribution < -0.4 is 9.64 Å². The summed E-state index contributed by atoms with van der Waals surface area (Å²) in [5.41, 5.74) is 2.71. The van der Waals surface area contributed by atoms with Crippen molar-refractivity contribution >= 4 is 23.3 Å². The molecule has 0 aliphatic carbocycles. The molecule has 0 saturated carbocycles. The van der Waals surface area contributed by atoms with Crippen LogP contribution in [0.2, 0.25) is 5.02 Å². The molecule has 0 aromatic heterocycles. The summed E-state index contributed by atoms with van der Waals surface area (Å²) in [6.45, 7) is 0.821. The second-order valence-electron chi connectivity index (χ2n) is 6.07. The van der Waals surface area contributed by atoms with Crippen molar-refractivity contribution in [2.24, 2.45) is 0 Å². The zero-order valence-corrected chi connectivity index (χ0v) is 15.9. The number of carbonyl (C=O) groups is 1. The molecule has 5 heteroatoms. The van der Waals surface area contributed by atoms with E-state index in [0.29, 0.717) is 22.1 Å². The Morgan fingerprint density at radius 1 is 1.00 bits per heavy atom. The second kappa shape index (κ2) is 8.60. The number of ether oxygens (including phenoxy) is 2. The van der Waals surface area contributed by atoms with Gasteiger partial charge in [-0.05, 0) is 48.0 Å². The van der Waals surface area contributed by atoms with Gasteiger partial charge in [-0.3, -0.25) is 0 Å². The van der Waals surface area contributed by atoms with E-state index in [2.05, 4.69) is 21.8 Å². The molecule has 0 unspecified atom stereocenters. The van der Waals surface area contributed by atoms with Crippen LogP contribution in [0.1, 0.15) is 15.9 Å². The van der Waals surface area contributed by atoms with Gasteiger partial charge in [0.25, 0.3) is 0 Å². The number of anilines is 1. The average molecular weight is 382 g/mol. The maximum Gasteiger partial charge on any atom is 0.337 e. The molecule has 0 saturated heterocycles. The van der Waals surface area contributed by atoms with Crippen molar-refractivity contribution < 1.29 is 14.3 Å². The Hall–Kier alpha value is -2.98. The van der Waals surface area contributed by atoms with Crippen LogP contribution >= 0.6 is 11.6 Å². The number of halogens is 1. The fourth-order valence-corrected chi connectivity index (χ4v) is 2.89. The number of methoxy groups -OCH3 is 1. The largest absolute Gasteiger partial charge is 0.465 e. The lowest BCUT2D eigenvalue weighted by Crippen LogP contribution is -2.15. The number of carbonyl (C=O) groups excluding carboxylic acids is 1. The topological polar surface area (TPSA) is 38.8 Å². The van der Waals surface area contributed by atoms with Gasteiger partial charge < -0.3 is 14.4 Å². The van der Waals surface area contributed by atoms with Crippen molar-refractivity contribution in [3.8, 4) is 11.5 Å². The highest BCUT2D eigenvalue weighted by molar-refractivity contribution is 6.32. The SMILES string of the molecule is COC(=O)c1ccc(Oc2ccc(N(C)Cc3ccccc3)cc2)c(Cl)c1. The monoisotopic (exact) mass is 381 g/mol. The van der Waals surface area contributed by atoms with Crippen LogP contribution in [-0.4, -0.2) is 20.1 Å². The van der Waals surface area contributed by atoms with Gasteiger partial charge in [0.15, 0.2) is 0 Å². The quantitative estimate of drug-likeness (QED) is 0.524. The van der Waals surface area contributed by atoms with Gasteiger partial charge in [0.1, 0.15) is 11.5 Å². The molecule has 0 aliphatic rings. The zero-order valence-electron chi connectivity index (χ0n) is 15.2. The summed E-state index contributed by atoms with van der Waals surface area (Å²) in [7, 11) is 3.38. The molecule has 0 spiro atoms. The average Bonchev–Trinajstić information content (AvgIpc) is 2.70. The molecule has 4 nitrogen and oxygen atoms in total. The van der Waals surface area contributed by atoms with Crippen LogP contribution in [0.15, 0.2) is 72.8 Å². The molecule has 0 amide bonds. The van der Waals surface area contributed by atoms with Gasteiger partial charge in [-0.1, -0.05) is 41.9 Å². The number of esters is 1. The van der Waals surface area contributed by atoms with Crippen molar-refractivity contribution in [3.63, 3.8) is 0 Å². The van der Waals surface area contributed by atoms with E-state index in [1.807, 2.05) is 49.5 Å². The van der Waals surface area contributed by atoms with Gasteiger partial charge in [0, 0.05) is 19.3 Å². The standard InChI is InChI=1S/C22H20ClNO3/c1-24(15-16-6-4-3-5-7-16)18-9-11-19(12-10-18)27-21-13-8-17(14-20(21)23)22(25)26-2/h3-14H,15H2,1-2H3. The Morgan fingerprint density at radius 3 is 2.33 bits per heavy atom. The molecule has 0 heterocycles. The minimum absolute atomic E-state index is 0.350. The van der Waals surface area contributed by atoms with Gasteiger partial charge in [-0.15, -0.1) is 0 Å². The first-order valence-electron chi connectivity index (χ1n) is 8.47. The van der Waals surface area contributed by atoms with Gasteiger partial charge in [0.2, 0.25) is 0 Å². The highest BCUT2D eigenvalue weighted by Gasteiger charge is 2.10. The first-order chi connectivity index (χ1) is 13.1. The molecule has 3 aromatic rings. The van der Waals surface area contributed by atoms with Gasteiger partial charge in [-0.2, -0.15) is 0 Å². The van der Waals surface area contributed by atoms with Crippen LogP contribution in [0.3, 0.4) is 0 Å². The lowest BCUT2D eigenvalue weighted by Gasteiger charge is -2.20. The Bertz CT molecular complexity index is 911. The fourth-order valence-electron chi connectivity index (χ4n) is 2.67. The molecule has 0 fully saturated rings. The van der Waals surface area contributed by atoms with E-state index < -0.39 is 5.97 Å². The Morgan fingerprint density at radius 2 is 1.70 bits per heavy atom. The summed E-state index contributed by atoms with van der Waals surface area (Å²) in [5.74, 6) is 0.712. The molecule has 0 aliphatic heterocycles. The molecule has 0 radical (unpaired) electrons. The van der Waals surface area contributed by atoms with Crippen LogP contribution in [0, 0.1) is 0 Å². The van der Waals surface area contributed by atoms with Gasteiger partial charge in [-0.25, -0.2) is 4.79 Å². The Kier molecular flexibility index (Phi) is 5.99. The summed E-state index contributed by atoms with van der Waals surface area (Å²) in [6.07, 6.45) is 0. The number of benzene rings is 3. The lowest BCUT2D eigenvalue weighted by atomic mass is 10.2. The third-order valence-corrected chi connectivity index (χ3v) is 4.42. The number of hydrogen-bond donors (Lipinski definition) is 0. The molecule has 3 rings (SSSR count).